The van der Waals surface area contributed by atoms with E-state index in [9.17, 15) is 9.59 Å². The Morgan fingerprint density at radius 3 is 2.33 bits per heavy atom. The molecule has 5 rings (SSSR count). The first-order valence-corrected chi connectivity index (χ1v) is 13.3. The topological polar surface area (TPSA) is 71.1 Å². The van der Waals surface area contributed by atoms with Crippen LogP contribution in [0.4, 0.5) is 11.4 Å². The quantitative estimate of drug-likeness (QED) is 0.182. The average molecular weight is 534 g/mol. The van der Waals surface area contributed by atoms with Gasteiger partial charge in [0.1, 0.15) is 0 Å². The number of fused-ring (bicyclic) bond motifs is 1. The summed E-state index contributed by atoms with van der Waals surface area (Å²) in [5.74, 6) is -0.204. The highest BCUT2D eigenvalue weighted by atomic mass is 35.5. The standard InChI is InChI=1S/C33H28ClN3O2/c34-26-16-18-29(28(22-26)33(39)25-11-5-2-6-12-25)36-27(21-23-9-3-1-4-10-23)17-19-31(38)37-30-15-7-13-24-14-8-20-35-32(24)30/h1-16,18,20,22,27,36H,17,19,21H2,(H,37,38). The highest BCUT2D eigenvalue weighted by Crippen LogP contribution is 2.26. The van der Waals surface area contributed by atoms with Crippen molar-refractivity contribution in [2.45, 2.75) is 25.3 Å². The average Bonchev–Trinajstić information content (AvgIpc) is 2.97. The minimum atomic E-state index is -0.111. The molecule has 6 heteroatoms. The van der Waals surface area contributed by atoms with Gasteiger partial charge in [0.2, 0.25) is 5.91 Å². The number of nitrogens with zero attached hydrogens (tertiary/aromatic N) is 1. The fourth-order valence-electron chi connectivity index (χ4n) is 4.64. The van der Waals surface area contributed by atoms with Crippen LogP contribution in [0.15, 0.2) is 115 Å². The predicted molar refractivity (Wildman–Crippen MR) is 158 cm³/mol. The van der Waals surface area contributed by atoms with Crippen LogP contribution in [0.25, 0.3) is 10.9 Å². The molecule has 0 aliphatic heterocycles. The van der Waals surface area contributed by atoms with Crippen LogP contribution in [0.1, 0.15) is 34.3 Å². The molecule has 0 radical (unpaired) electrons. The van der Waals surface area contributed by atoms with Crippen LogP contribution >= 0.6 is 11.6 Å². The number of hydrogen-bond acceptors (Lipinski definition) is 4. The fourth-order valence-corrected chi connectivity index (χ4v) is 4.81. The third-order valence-electron chi connectivity index (χ3n) is 6.57. The van der Waals surface area contributed by atoms with Crippen molar-refractivity contribution >= 4 is 45.6 Å². The molecule has 0 spiro atoms. The van der Waals surface area contributed by atoms with Gasteiger partial charge in [-0.3, -0.25) is 14.6 Å². The fraction of sp³-hybridized carbons (Fsp3) is 0.121. The van der Waals surface area contributed by atoms with E-state index in [-0.39, 0.29) is 17.7 Å². The van der Waals surface area contributed by atoms with Crippen molar-refractivity contribution in [3.05, 3.63) is 137 Å². The molecule has 0 saturated heterocycles. The van der Waals surface area contributed by atoms with Crippen molar-refractivity contribution in [2.75, 3.05) is 10.6 Å². The number of rotatable bonds is 10. The summed E-state index contributed by atoms with van der Waals surface area (Å²) in [5, 5.41) is 8.03. The molecule has 5 aromatic rings. The number of halogens is 1. The van der Waals surface area contributed by atoms with Crippen molar-refractivity contribution in [3.8, 4) is 0 Å². The smallest absolute Gasteiger partial charge is 0.224 e. The third kappa shape index (κ3) is 6.70. The monoisotopic (exact) mass is 533 g/mol. The zero-order valence-electron chi connectivity index (χ0n) is 21.3. The molecule has 0 aliphatic rings. The summed E-state index contributed by atoms with van der Waals surface area (Å²) in [7, 11) is 0. The van der Waals surface area contributed by atoms with Gasteiger partial charge in [0.25, 0.3) is 0 Å². The molecule has 0 bridgehead atoms. The molecular weight excluding hydrogens is 506 g/mol. The number of ketones is 1. The summed E-state index contributed by atoms with van der Waals surface area (Å²) in [6.45, 7) is 0. The molecule has 1 amide bonds. The normalized spacial score (nSPS) is 11.6. The van der Waals surface area contributed by atoms with Gasteiger partial charge in [0, 0.05) is 45.9 Å². The minimum absolute atomic E-state index is 0.0929. The van der Waals surface area contributed by atoms with Crippen LogP contribution in [0.3, 0.4) is 0 Å². The zero-order chi connectivity index (χ0) is 27.0. The lowest BCUT2D eigenvalue weighted by molar-refractivity contribution is -0.116. The van der Waals surface area contributed by atoms with Crippen molar-refractivity contribution in [1.82, 2.24) is 4.98 Å². The van der Waals surface area contributed by atoms with Gasteiger partial charge >= 0.3 is 0 Å². The van der Waals surface area contributed by atoms with Crippen LogP contribution in [0, 0.1) is 0 Å². The Bertz CT molecular complexity index is 1580. The molecule has 194 valence electrons. The first-order valence-electron chi connectivity index (χ1n) is 12.9. The molecule has 2 N–H and O–H groups in total. The number of benzene rings is 4. The molecule has 1 heterocycles. The molecule has 0 saturated carbocycles. The van der Waals surface area contributed by atoms with Crippen molar-refractivity contribution in [3.63, 3.8) is 0 Å². The van der Waals surface area contributed by atoms with E-state index in [1.54, 1.807) is 30.5 Å². The van der Waals surface area contributed by atoms with Gasteiger partial charge < -0.3 is 10.6 Å². The predicted octanol–water partition coefficient (Wildman–Crippen LogP) is 7.56. The summed E-state index contributed by atoms with van der Waals surface area (Å²) < 4.78 is 0. The summed E-state index contributed by atoms with van der Waals surface area (Å²) in [6, 6.07) is 34.0. The van der Waals surface area contributed by atoms with Gasteiger partial charge in [-0.2, -0.15) is 0 Å². The Hall–Kier alpha value is -4.48. The van der Waals surface area contributed by atoms with E-state index >= 15 is 0 Å². The number of amides is 1. The van der Waals surface area contributed by atoms with Gasteiger partial charge in [-0.05, 0) is 48.7 Å². The number of pyridine rings is 1. The number of aromatic nitrogens is 1. The lowest BCUT2D eigenvalue weighted by Gasteiger charge is -2.22. The lowest BCUT2D eigenvalue weighted by Crippen LogP contribution is -2.26. The third-order valence-corrected chi connectivity index (χ3v) is 6.81. The Labute approximate surface area is 232 Å². The molecule has 0 fully saturated rings. The maximum absolute atomic E-state index is 13.4. The largest absolute Gasteiger partial charge is 0.381 e. The molecule has 5 nitrogen and oxygen atoms in total. The van der Waals surface area contributed by atoms with Crippen LogP contribution in [0.2, 0.25) is 5.02 Å². The number of hydrogen-bond donors (Lipinski definition) is 2. The SMILES string of the molecule is O=C(CCC(Cc1ccccc1)Nc1ccc(Cl)cc1C(=O)c1ccccc1)Nc1cccc2cccnc12. The number of anilines is 2. The second-order valence-corrected chi connectivity index (χ2v) is 9.82. The van der Waals surface area contributed by atoms with Crippen LogP contribution in [-0.4, -0.2) is 22.7 Å². The number of carbonyl (C=O) groups excluding carboxylic acids is 2. The van der Waals surface area contributed by atoms with Gasteiger partial charge in [-0.25, -0.2) is 0 Å². The summed E-state index contributed by atoms with van der Waals surface area (Å²) in [5.41, 5.74) is 4.37. The van der Waals surface area contributed by atoms with Crippen LogP contribution in [-0.2, 0) is 11.2 Å². The first-order chi connectivity index (χ1) is 19.1. The van der Waals surface area contributed by atoms with E-state index in [1.807, 2.05) is 72.8 Å². The second kappa shape index (κ2) is 12.4. The minimum Gasteiger partial charge on any atom is -0.381 e. The van der Waals surface area contributed by atoms with E-state index in [1.165, 1.54) is 0 Å². The second-order valence-electron chi connectivity index (χ2n) is 9.38. The van der Waals surface area contributed by atoms with E-state index in [0.717, 1.165) is 16.5 Å². The number of nitrogens with one attached hydrogen (secondary N) is 2. The Morgan fingerprint density at radius 2 is 1.54 bits per heavy atom. The van der Waals surface area contributed by atoms with Crippen molar-refractivity contribution in [1.29, 1.82) is 0 Å². The zero-order valence-corrected chi connectivity index (χ0v) is 22.1. The van der Waals surface area contributed by atoms with Crippen molar-refractivity contribution in [2.24, 2.45) is 0 Å². The summed E-state index contributed by atoms with van der Waals surface area (Å²) in [6.07, 6.45) is 3.26. The molecular formula is C33H28ClN3O2. The van der Waals surface area contributed by atoms with Crippen molar-refractivity contribution < 1.29 is 9.59 Å². The summed E-state index contributed by atoms with van der Waals surface area (Å²) >= 11 is 6.30. The molecule has 39 heavy (non-hydrogen) atoms. The lowest BCUT2D eigenvalue weighted by atomic mass is 9.98. The molecule has 1 unspecified atom stereocenters. The summed E-state index contributed by atoms with van der Waals surface area (Å²) in [4.78, 5) is 30.8. The number of para-hydroxylation sites is 1. The van der Waals surface area contributed by atoms with Gasteiger partial charge in [0.05, 0.1) is 11.2 Å². The van der Waals surface area contributed by atoms with Gasteiger partial charge in [-0.15, -0.1) is 0 Å². The van der Waals surface area contributed by atoms with E-state index in [4.69, 9.17) is 11.6 Å². The molecule has 4 aromatic carbocycles. The number of carbonyl (C=O) groups is 2. The van der Waals surface area contributed by atoms with Crippen LogP contribution in [0.5, 0.6) is 0 Å². The van der Waals surface area contributed by atoms with Gasteiger partial charge in [-0.1, -0.05) is 90.5 Å². The van der Waals surface area contributed by atoms with E-state index in [0.29, 0.717) is 46.8 Å². The molecule has 0 aliphatic carbocycles. The molecule has 1 atom stereocenters. The maximum atomic E-state index is 13.4. The van der Waals surface area contributed by atoms with E-state index in [2.05, 4.69) is 27.8 Å². The Kier molecular flexibility index (Phi) is 8.29. The van der Waals surface area contributed by atoms with Crippen LogP contribution < -0.4 is 10.6 Å². The van der Waals surface area contributed by atoms with Gasteiger partial charge in [0.15, 0.2) is 5.78 Å². The maximum Gasteiger partial charge on any atom is 0.224 e. The Balaban J connectivity index is 1.35. The first kappa shape index (κ1) is 26.1. The molecule has 1 aromatic heterocycles. The highest BCUT2D eigenvalue weighted by Gasteiger charge is 2.19. The Morgan fingerprint density at radius 1 is 0.795 bits per heavy atom. The van der Waals surface area contributed by atoms with E-state index < -0.39 is 0 Å². The highest BCUT2D eigenvalue weighted by molar-refractivity contribution is 6.31.